The fourth-order valence-corrected chi connectivity index (χ4v) is 3.25. The summed E-state index contributed by atoms with van der Waals surface area (Å²) in [5.74, 6) is 0.733. The number of carbonyl (C=O) groups excluding carboxylic acids is 1. The molecule has 1 amide bonds. The quantitative estimate of drug-likeness (QED) is 0.690. The van der Waals surface area contributed by atoms with Gasteiger partial charge in [0, 0.05) is 32.7 Å². The van der Waals surface area contributed by atoms with Crippen molar-refractivity contribution in [2.24, 2.45) is 0 Å². The van der Waals surface area contributed by atoms with Crippen molar-refractivity contribution in [3.8, 4) is 5.75 Å². The number of fused-ring (bicyclic) bond motifs is 1. The molecule has 1 fully saturated rings. The fourth-order valence-electron chi connectivity index (χ4n) is 3.25. The van der Waals surface area contributed by atoms with Crippen LogP contribution < -0.4 is 4.74 Å². The monoisotopic (exact) mass is 366 g/mol. The Labute approximate surface area is 157 Å². The van der Waals surface area contributed by atoms with E-state index in [0.29, 0.717) is 19.6 Å². The van der Waals surface area contributed by atoms with Gasteiger partial charge in [-0.15, -0.1) is 0 Å². The van der Waals surface area contributed by atoms with Crippen molar-refractivity contribution in [2.45, 2.75) is 13.5 Å². The first kappa shape index (κ1) is 17.5. The molecule has 27 heavy (non-hydrogen) atoms. The van der Waals surface area contributed by atoms with Crippen LogP contribution in [0.1, 0.15) is 11.4 Å². The van der Waals surface area contributed by atoms with Crippen molar-refractivity contribution in [3.63, 3.8) is 0 Å². The summed E-state index contributed by atoms with van der Waals surface area (Å²) in [5.41, 5.74) is 1.67. The van der Waals surface area contributed by atoms with Crippen molar-refractivity contribution in [1.29, 1.82) is 0 Å². The molecule has 0 unspecified atom stereocenters. The van der Waals surface area contributed by atoms with E-state index in [1.807, 2.05) is 48.2 Å². The number of ether oxygens (including phenoxy) is 1. The van der Waals surface area contributed by atoms with Gasteiger partial charge in [-0.2, -0.15) is 0 Å². The summed E-state index contributed by atoms with van der Waals surface area (Å²) in [7, 11) is 0. The molecule has 0 atom stereocenters. The zero-order chi connectivity index (χ0) is 18.6. The van der Waals surface area contributed by atoms with E-state index in [9.17, 15) is 4.79 Å². The zero-order valence-electron chi connectivity index (χ0n) is 15.3. The Kier molecular flexibility index (Phi) is 5.02. The lowest BCUT2D eigenvalue weighted by Crippen LogP contribution is -2.49. The molecule has 4 rings (SSSR count). The Morgan fingerprint density at radius 2 is 1.85 bits per heavy atom. The summed E-state index contributed by atoms with van der Waals surface area (Å²) in [6.07, 6.45) is 0. The zero-order valence-corrected chi connectivity index (χ0v) is 15.3. The second-order valence-corrected chi connectivity index (χ2v) is 6.75. The summed E-state index contributed by atoms with van der Waals surface area (Å²) < 4.78 is 10.5. The van der Waals surface area contributed by atoms with Crippen LogP contribution in [0.15, 0.2) is 47.1 Å². The molecule has 0 N–H and O–H groups in total. The summed E-state index contributed by atoms with van der Waals surface area (Å²) in [5, 5.41) is 9.99. The number of piperazine rings is 1. The van der Waals surface area contributed by atoms with E-state index in [1.54, 1.807) is 0 Å². The molecule has 1 aromatic heterocycles. The summed E-state index contributed by atoms with van der Waals surface area (Å²) in [6.45, 7) is 5.61. The standard InChI is InChI=1S/C20H22N4O3/c1-15-19(22-27-21-15)13-23-8-10-24(11-9-23)20(25)14-26-18-7-6-16-4-2-3-5-17(16)12-18/h2-7,12H,8-11,13-14H2,1H3. The maximum Gasteiger partial charge on any atom is 0.260 e. The van der Waals surface area contributed by atoms with E-state index in [2.05, 4.69) is 21.3 Å². The van der Waals surface area contributed by atoms with Gasteiger partial charge < -0.3 is 9.64 Å². The Hall–Kier alpha value is -2.93. The molecule has 0 radical (unpaired) electrons. The van der Waals surface area contributed by atoms with E-state index in [4.69, 9.17) is 9.37 Å². The lowest BCUT2D eigenvalue weighted by molar-refractivity contribution is -0.135. The first-order chi connectivity index (χ1) is 13.2. The van der Waals surface area contributed by atoms with Gasteiger partial charge in [-0.05, 0) is 29.8 Å². The van der Waals surface area contributed by atoms with Gasteiger partial charge in [-0.3, -0.25) is 9.69 Å². The number of hydrogen-bond donors (Lipinski definition) is 0. The summed E-state index contributed by atoms with van der Waals surface area (Å²) >= 11 is 0. The average Bonchev–Trinajstić information content (AvgIpc) is 3.11. The van der Waals surface area contributed by atoms with Gasteiger partial charge in [0.15, 0.2) is 6.61 Å². The largest absolute Gasteiger partial charge is 0.484 e. The van der Waals surface area contributed by atoms with Gasteiger partial charge in [0.25, 0.3) is 5.91 Å². The topological polar surface area (TPSA) is 71.7 Å². The second kappa shape index (κ2) is 7.75. The van der Waals surface area contributed by atoms with Crippen molar-refractivity contribution < 1.29 is 14.2 Å². The molecule has 1 aliphatic heterocycles. The first-order valence-corrected chi connectivity index (χ1v) is 9.09. The van der Waals surface area contributed by atoms with Gasteiger partial charge in [-0.25, -0.2) is 4.63 Å². The number of nitrogens with zero attached hydrogens (tertiary/aromatic N) is 4. The highest BCUT2D eigenvalue weighted by atomic mass is 16.6. The van der Waals surface area contributed by atoms with E-state index in [-0.39, 0.29) is 12.5 Å². The SMILES string of the molecule is Cc1nonc1CN1CCN(C(=O)COc2ccc3ccccc3c2)CC1. The Bertz CT molecular complexity index is 932. The predicted octanol–water partition coefficient (Wildman–Crippen LogP) is 2.25. The van der Waals surface area contributed by atoms with Crippen LogP contribution in [-0.4, -0.2) is 58.8 Å². The van der Waals surface area contributed by atoms with Gasteiger partial charge in [-0.1, -0.05) is 40.6 Å². The third-order valence-corrected chi connectivity index (χ3v) is 4.93. The molecule has 0 spiro atoms. The van der Waals surface area contributed by atoms with Gasteiger partial charge >= 0.3 is 0 Å². The van der Waals surface area contributed by atoms with Crippen LogP contribution in [0.25, 0.3) is 10.8 Å². The molecule has 140 valence electrons. The minimum atomic E-state index is 0.0158. The number of aryl methyl sites for hydroxylation is 1. The molecular formula is C20H22N4O3. The molecule has 7 nitrogen and oxygen atoms in total. The number of aromatic nitrogens is 2. The Morgan fingerprint density at radius 1 is 1.07 bits per heavy atom. The minimum absolute atomic E-state index is 0.0158. The van der Waals surface area contributed by atoms with Crippen LogP contribution in [0.3, 0.4) is 0 Å². The highest BCUT2D eigenvalue weighted by Gasteiger charge is 2.22. The Balaban J connectivity index is 1.27. The molecule has 1 aliphatic rings. The summed E-state index contributed by atoms with van der Waals surface area (Å²) in [6, 6.07) is 14.0. The van der Waals surface area contributed by atoms with E-state index in [1.165, 1.54) is 0 Å². The van der Waals surface area contributed by atoms with Crippen LogP contribution in [0.4, 0.5) is 0 Å². The maximum absolute atomic E-state index is 12.5. The van der Waals surface area contributed by atoms with Crippen molar-refractivity contribution in [3.05, 3.63) is 53.9 Å². The maximum atomic E-state index is 12.5. The first-order valence-electron chi connectivity index (χ1n) is 9.09. The molecule has 0 aliphatic carbocycles. The predicted molar refractivity (Wildman–Crippen MR) is 100 cm³/mol. The van der Waals surface area contributed by atoms with Crippen LogP contribution in [0.5, 0.6) is 5.75 Å². The lowest BCUT2D eigenvalue weighted by atomic mass is 10.1. The van der Waals surface area contributed by atoms with Crippen molar-refractivity contribution in [2.75, 3.05) is 32.8 Å². The molecule has 0 saturated carbocycles. The third-order valence-electron chi connectivity index (χ3n) is 4.93. The molecule has 0 bridgehead atoms. The number of carbonyl (C=O) groups is 1. The van der Waals surface area contributed by atoms with Crippen LogP contribution in [0.2, 0.25) is 0 Å². The normalized spacial score (nSPS) is 15.2. The summed E-state index contributed by atoms with van der Waals surface area (Å²) in [4.78, 5) is 16.6. The molecule has 2 aromatic carbocycles. The number of hydrogen-bond acceptors (Lipinski definition) is 6. The van der Waals surface area contributed by atoms with E-state index < -0.39 is 0 Å². The molecule has 2 heterocycles. The van der Waals surface area contributed by atoms with Crippen LogP contribution in [-0.2, 0) is 11.3 Å². The van der Waals surface area contributed by atoms with E-state index >= 15 is 0 Å². The van der Waals surface area contributed by atoms with Crippen LogP contribution in [0, 0.1) is 6.92 Å². The second-order valence-electron chi connectivity index (χ2n) is 6.75. The number of amides is 1. The van der Waals surface area contributed by atoms with Gasteiger partial charge in [0.1, 0.15) is 17.1 Å². The van der Waals surface area contributed by atoms with E-state index in [0.717, 1.165) is 41.0 Å². The smallest absolute Gasteiger partial charge is 0.260 e. The van der Waals surface area contributed by atoms with Crippen LogP contribution >= 0.6 is 0 Å². The lowest BCUT2D eigenvalue weighted by Gasteiger charge is -2.34. The van der Waals surface area contributed by atoms with Crippen molar-refractivity contribution in [1.82, 2.24) is 20.1 Å². The Morgan fingerprint density at radius 3 is 2.59 bits per heavy atom. The average molecular weight is 366 g/mol. The highest BCUT2D eigenvalue weighted by molar-refractivity contribution is 5.84. The molecule has 1 saturated heterocycles. The molecule has 7 heteroatoms. The number of rotatable bonds is 5. The fraction of sp³-hybridized carbons (Fsp3) is 0.350. The van der Waals surface area contributed by atoms with Gasteiger partial charge in [0.05, 0.1) is 0 Å². The van der Waals surface area contributed by atoms with Gasteiger partial charge in [0.2, 0.25) is 0 Å². The molecular weight excluding hydrogens is 344 g/mol. The van der Waals surface area contributed by atoms with Crippen molar-refractivity contribution >= 4 is 16.7 Å². The minimum Gasteiger partial charge on any atom is -0.484 e. The molecule has 3 aromatic rings. The number of benzene rings is 2. The third kappa shape index (κ3) is 4.09. The highest BCUT2D eigenvalue weighted by Crippen LogP contribution is 2.20.